The number of carbonyl (C=O) groups is 1. The summed E-state index contributed by atoms with van der Waals surface area (Å²) in [5, 5.41) is 0. The van der Waals surface area contributed by atoms with Gasteiger partial charge in [0, 0.05) is 18.7 Å². The first-order valence-corrected chi connectivity index (χ1v) is 14.9. The molecule has 0 N–H and O–H groups in total. The quantitative estimate of drug-likeness (QED) is 0.401. The Labute approximate surface area is 205 Å². The van der Waals surface area contributed by atoms with Crippen LogP contribution >= 0.6 is 0 Å². The van der Waals surface area contributed by atoms with Crippen LogP contribution in [0.2, 0.25) is 11.6 Å². The zero-order valence-corrected chi connectivity index (χ0v) is 21.7. The Bertz CT molecular complexity index is 700. The number of allylic oxidation sites excluding steroid dienone is 4. The van der Waals surface area contributed by atoms with E-state index in [1.54, 1.807) is 10.9 Å². The molecule has 0 bridgehead atoms. The third kappa shape index (κ3) is 7.04. The van der Waals surface area contributed by atoms with Crippen LogP contribution in [0.15, 0.2) is 22.7 Å². The van der Waals surface area contributed by atoms with Gasteiger partial charge in [-0.1, -0.05) is 114 Å². The second-order valence-electron chi connectivity index (χ2n) is 11.8. The van der Waals surface area contributed by atoms with Crippen LogP contribution in [-0.4, -0.2) is 32.4 Å². The summed E-state index contributed by atoms with van der Waals surface area (Å²) in [4.78, 5) is 16.2. The summed E-state index contributed by atoms with van der Waals surface area (Å²) in [7, 11) is 4.59. The molecule has 0 aromatic carbocycles. The molecule has 4 rings (SSSR count). The van der Waals surface area contributed by atoms with E-state index in [9.17, 15) is 4.79 Å². The van der Waals surface area contributed by atoms with Crippen molar-refractivity contribution in [2.75, 3.05) is 7.05 Å². The van der Waals surface area contributed by atoms with Crippen molar-refractivity contribution in [1.29, 1.82) is 0 Å². The van der Waals surface area contributed by atoms with Crippen LogP contribution in [0.4, 0.5) is 0 Å². The van der Waals surface area contributed by atoms with Gasteiger partial charge in [0.05, 0.1) is 0 Å². The largest absolute Gasteiger partial charge is 0.320 e. The molecule has 182 valence electrons. The van der Waals surface area contributed by atoms with Gasteiger partial charge in [0.25, 0.3) is 0 Å². The summed E-state index contributed by atoms with van der Waals surface area (Å²) in [5.74, 6) is 1.98. The van der Waals surface area contributed by atoms with E-state index < -0.39 is 0 Å². The van der Waals surface area contributed by atoms with Crippen LogP contribution < -0.4 is 0 Å². The van der Waals surface area contributed by atoms with Crippen molar-refractivity contribution >= 4 is 20.5 Å². The SMILES string of the molecule is CN1C(=O)C2CCCCCCCC2BC2CCCCCC/C(B/C3=C/CCCCCCC3)=C\21. The summed E-state index contributed by atoms with van der Waals surface area (Å²) >= 11 is 0. The van der Waals surface area contributed by atoms with Crippen LogP contribution in [0.5, 0.6) is 0 Å². The Morgan fingerprint density at radius 3 is 2.24 bits per heavy atom. The predicted molar refractivity (Wildman–Crippen MR) is 146 cm³/mol. The molecular formula is C29H49B2NO. The number of hydrogen-bond acceptors (Lipinski definition) is 1. The molecule has 3 atom stereocenters. The molecule has 1 aliphatic heterocycles. The van der Waals surface area contributed by atoms with Crippen molar-refractivity contribution in [3.63, 3.8) is 0 Å². The maximum atomic E-state index is 14.0. The van der Waals surface area contributed by atoms with Gasteiger partial charge in [-0.3, -0.25) is 4.79 Å². The van der Waals surface area contributed by atoms with Crippen LogP contribution in [0.3, 0.4) is 0 Å². The van der Waals surface area contributed by atoms with Gasteiger partial charge in [0.1, 0.15) is 7.28 Å². The number of amides is 1. The lowest BCUT2D eigenvalue weighted by Gasteiger charge is -2.30. The normalized spacial score (nSPS) is 34.9. The van der Waals surface area contributed by atoms with Gasteiger partial charge in [-0.15, -0.1) is 5.47 Å². The predicted octanol–water partition coefficient (Wildman–Crippen LogP) is 7.46. The zero-order chi connectivity index (χ0) is 22.9. The highest BCUT2D eigenvalue weighted by atomic mass is 16.2. The highest BCUT2D eigenvalue weighted by molar-refractivity contribution is 6.54. The van der Waals surface area contributed by atoms with Crippen molar-refractivity contribution in [3.8, 4) is 0 Å². The van der Waals surface area contributed by atoms with Crippen LogP contribution in [-0.2, 0) is 4.79 Å². The van der Waals surface area contributed by atoms with Crippen molar-refractivity contribution in [3.05, 3.63) is 22.7 Å². The first-order chi connectivity index (χ1) is 16.2. The lowest BCUT2D eigenvalue weighted by Crippen LogP contribution is -2.33. The number of nitrogens with zero attached hydrogens (tertiary/aromatic N) is 1. The maximum absolute atomic E-state index is 14.0. The van der Waals surface area contributed by atoms with E-state index in [4.69, 9.17) is 0 Å². The Hall–Kier alpha value is -0.920. The molecule has 3 aliphatic carbocycles. The molecular weight excluding hydrogens is 400 g/mol. The molecule has 33 heavy (non-hydrogen) atoms. The number of hydrogen-bond donors (Lipinski definition) is 0. The monoisotopic (exact) mass is 449 g/mol. The van der Waals surface area contributed by atoms with Gasteiger partial charge in [-0.05, 0) is 37.9 Å². The highest BCUT2D eigenvalue weighted by Crippen LogP contribution is 2.44. The molecule has 0 spiro atoms. The van der Waals surface area contributed by atoms with E-state index in [2.05, 4.69) is 18.0 Å². The van der Waals surface area contributed by atoms with E-state index in [-0.39, 0.29) is 5.92 Å². The van der Waals surface area contributed by atoms with Crippen molar-refractivity contribution < 1.29 is 4.79 Å². The molecule has 1 amide bonds. The Morgan fingerprint density at radius 2 is 1.42 bits per heavy atom. The second kappa shape index (κ2) is 13.2. The van der Waals surface area contributed by atoms with Crippen molar-refractivity contribution in [2.45, 2.75) is 140 Å². The Balaban J connectivity index is 1.65. The summed E-state index contributed by atoms with van der Waals surface area (Å²) < 4.78 is 0. The average Bonchev–Trinajstić information content (AvgIpc) is 3.01. The molecule has 2 nitrogen and oxygen atoms in total. The maximum Gasteiger partial charge on any atom is 0.229 e. The third-order valence-electron chi connectivity index (χ3n) is 9.36. The molecule has 1 heterocycles. The number of carbonyl (C=O) groups excluding carboxylic acids is 1. The van der Waals surface area contributed by atoms with E-state index in [1.165, 1.54) is 135 Å². The van der Waals surface area contributed by atoms with Crippen LogP contribution in [0.1, 0.15) is 128 Å². The lowest BCUT2D eigenvalue weighted by molar-refractivity contribution is -0.132. The topological polar surface area (TPSA) is 20.3 Å². The fraction of sp³-hybridized carbons (Fsp3) is 0.828. The average molecular weight is 449 g/mol. The summed E-state index contributed by atoms with van der Waals surface area (Å²) in [6.45, 7) is 0. The second-order valence-corrected chi connectivity index (χ2v) is 11.8. The first kappa shape index (κ1) is 25.2. The lowest BCUT2D eigenvalue weighted by atomic mass is 9.47. The number of fused-ring (bicyclic) bond motifs is 2. The van der Waals surface area contributed by atoms with Crippen molar-refractivity contribution in [1.82, 2.24) is 4.90 Å². The minimum absolute atomic E-state index is 0.279. The van der Waals surface area contributed by atoms with Gasteiger partial charge in [-0.25, -0.2) is 0 Å². The third-order valence-corrected chi connectivity index (χ3v) is 9.36. The van der Waals surface area contributed by atoms with Crippen molar-refractivity contribution in [2.24, 2.45) is 5.92 Å². The standard InChI is InChI=1S/C29H49B2NO/c1-32-28-26(30-23-17-11-5-2-3-6-12-18-23)21-15-9-10-16-22-27(28)31-25-20-14-8-4-7-13-19-24(25)29(32)33/h17,24-25,27,30-31H,2-16,18-22H2,1H3/b23-17+,28-26-. The van der Waals surface area contributed by atoms with E-state index in [0.717, 1.165) is 13.7 Å². The molecule has 0 aromatic rings. The van der Waals surface area contributed by atoms with Crippen LogP contribution in [0, 0.1) is 5.92 Å². The molecule has 4 heteroatoms. The molecule has 1 saturated carbocycles. The molecule has 2 fully saturated rings. The summed E-state index contributed by atoms with van der Waals surface area (Å²) in [5.41, 5.74) is 4.83. The summed E-state index contributed by atoms with van der Waals surface area (Å²) in [6, 6.07) is 0. The van der Waals surface area contributed by atoms with Gasteiger partial charge >= 0.3 is 0 Å². The fourth-order valence-corrected chi connectivity index (χ4v) is 7.50. The molecule has 0 aromatic heterocycles. The molecule has 3 unspecified atom stereocenters. The molecule has 4 aliphatic rings. The van der Waals surface area contributed by atoms with Crippen LogP contribution in [0.25, 0.3) is 0 Å². The smallest absolute Gasteiger partial charge is 0.229 e. The fourth-order valence-electron chi connectivity index (χ4n) is 7.50. The molecule has 1 saturated heterocycles. The first-order valence-electron chi connectivity index (χ1n) is 14.9. The van der Waals surface area contributed by atoms with Gasteiger partial charge < -0.3 is 4.90 Å². The number of rotatable bonds is 2. The van der Waals surface area contributed by atoms with E-state index in [0.29, 0.717) is 17.5 Å². The Kier molecular flexibility index (Phi) is 10.1. The summed E-state index contributed by atoms with van der Waals surface area (Å²) in [6.07, 6.45) is 29.1. The molecule has 0 radical (unpaired) electrons. The minimum Gasteiger partial charge on any atom is -0.320 e. The van der Waals surface area contributed by atoms with E-state index in [1.807, 2.05) is 0 Å². The highest BCUT2D eigenvalue weighted by Gasteiger charge is 2.40. The van der Waals surface area contributed by atoms with E-state index >= 15 is 0 Å². The van der Waals surface area contributed by atoms with Gasteiger partial charge in [-0.2, -0.15) is 0 Å². The van der Waals surface area contributed by atoms with Gasteiger partial charge in [0.15, 0.2) is 7.28 Å². The van der Waals surface area contributed by atoms with Gasteiger partial charge in [0.2, 0.25) is 5.91 Å². The zero-order valence-electron chi connectivity index (χ0n) is 21.7. The Morgan fingerprint density at radius 1 is 0.788 bits per heavy atom. The minimum atomic E-state index is 0.279.